The van der Waals surface area contributed by atoms with Gasteiger partial charge in [0.1, 0.15) is 5.02 Å². The Morgan fingerprint density at radius 1 is 1.89 bits per heavy atom. The van der Waals surface area contributed by atoms with Crippen LogP contribution < -0.4 is 0 Å². The van der Waals surface area contributed by atoms with Gasteiger partial charge in [-0.15, -0.1) is 0 Å². The Bertz CT molecular complexity index is 281. The van der Waals surface area contributed by atoms with Crippen LogP contribution in [0.1, 0.15) is 2.74 Å². The number of hydrogen-bond acceptors (Lipinski definition) is 1. The molecule has 0 fully saturated rings. The molecule has 1 heterocycles. The van der Waals surface area contributed by atoms with Gasteiger partial charge >= 0.3 is 0 Å². The Kier molecular flexibility index (Phi) is 1.35. The zero-order valence-corrected chi connectivity index (χ0v) is 6.42. The van der Waals surface area contributed by atoms with Gasteiger partial charge in [0, 0.05) is 10.6 Å². The molecule has 0 aliphatic heterocycles. The SMILES string of the molecule is [2H]c1nc(F)c(Cl)c(Br)c1[2H]. The fraction of sp³-hybridized carbons (Fsp3) is 0. The molecule has 0 N–H and O–H groups in total. The Morgan fingerprint density at radius 2 is 2.56 bits per heavy atom. The highest BCUT2D eigenvalue weighted by molar-refractivity contribution is 9.10. The first-order valence-corrected chi connectivity index (χ1v) is 3.19. The zero-order chi connectivity index (χ0) is 8.59. The van der Waals surface area contributed by atoms with Crippen molar-refractivity contribution in [2.45, 2.75) is 0 Å². The second-order valence-corrected chi connectivity index (χ2v) is 2.44. The van der Waals surface area contributed by atoms with E-state index in [9.17, 15) is 4.39 Å². The Labute approximate surface area is 67.8 Å². The lowest BCUT2D eigenvalue weighted by Gasteiger charge is -1.92. The summed E-state index contributed by atoms with van der Waals surface area (Å²) in [7, 11) is 0. The highest BCUT2D eigenvalue weighted by Gasteiger charge is 2.01. The van der Waals surface area contributed by atoms with Gasteiger partial charge in [0.05, 0.1) is 2.74 Å². The van der Waals surface area contributed by atoms with Crippen molar-refractivity contribution in [1.82, 2.24) is 4.98 Å². The molecule has 48 valence electrons. The predicted molar refractivity (Wildman–Crippen MR) is 36.9 cm³/mol. The summed E-state index contributed by atoms with van der Waals surface area (Å²) >= 11 is 8.23. The van der Waals surface area contributed by atoms with Crippen molar-refractivity contribution in [2.75, 3.05) is 0 Å². The van der Waals surface area contributed by atoms with Crippen LogP contribution in [0.2, 0.25) is 5.02 Å². The Hall–Kier alpha value is -0.150. The van der Waals surface area contributed by atoms with Crippen molar-refractivity contribution < 1.29 is 7.13 Å². The smallest absolute Gasteiger partial charge is 0.227 e. The van der Waals surface area contributed by atoms with E-state index < -0.39 is 12.1 Å². The van der Waals surface area contributed by atoms with Crippen LogP contribution in [0, 0.1) is 5.95 Å². The van der Waals surface area contributed by atoms with Gasteiger partial charge in [-0.1, -0.05) is 11.6 Å². The predicted octanol–water partition coefficient (Wildman–Crippen LogP) is 2.64. The molecule has 0 aliphatic rings. The van der Waals surface area contributed by atoms with Gasteiger partial charge in [-0.2, -0.15) is 4.39 Å². The van der Waals surface area contributed by atoms with Crippen LogP contribution in [0.3, 0.4) is 0 Å². The summed E-state index contributed by atoms with van der Waals surface area (Å²) in [5.41, 5.74) is 0. The zero-order valence-electron chi connectivity index (χ0n) is 6.08. The van der Waals surface area contributed by atoms with Crippen LogP contribution in [0.4, 0.5) is 4.39 Å². The number of rotatable bonds is 0. The van der Waals surface area contributed by atoms with Gasteiger partial charge in [0.2, 0.25) is 5.95 Å². The lowest BCUT2D eigenvalue weighted by atomic mass is 10.5. The summed E-state index contributed by atoms with van der Waals surface area (Å²) in [6, 6.07) is -0.212. The van der Waals surface area contributed by atoms with Gasteiger partial charge in [-0.25, -0.2) is 4.98 Å². The molecule has 0 radical (unpaired) electrons. The molecule has 0 saturated heterocycles. The Balaban J connectivity index is 3.46. The molecule has 0 saturated carbocycles. The fourth-order valence-corrected chi connectivity index (χ4v) is 0.662. The van der Waals surface area contributed by atoms with Gasteiger partial charge < -0.3 is 0 Å². The van der Waals surface area contributed by atoms with E-state index in [-0.39, 0.29) is 15.5 Å². The molecule has 0 bridgehead atoms. The standard InChI is InChI=1S/C5H2BrClFN/c6-3-1-2-9-5(8)4(3)7/h1-2H/i1D,2D. The number of halogens is 3. The largest absolute Gasteiger partial charge is 0.232 e. The van der Waals surface area contributed by atoms with Crippen molar-refractivity contribution in [3.05, 3.63) is 27.7 Å². The highest BCUT2D eigenvalue weighted by atomic mass is 79.9. The first-order valence-electron chi connectivity index (χ1n) is 3.01. The normalized spacial score (nSPS) is 12.8. The highest BCUT2D eigenvalue weighted by Crippen LogP contribution is 2.22. The molecule has 0 aliphatic carbocycles. The molecule has 0 amide bonds. The van der Waals surface area contributed by atoms with Crippen molar-refractivity contribution in [1.29, 1.82) is 0 Å². The molecule has 9 heavy (non-hydrogen) atoms. The first-order chi connectivity index (χ1) is 5.04. The average molecular weight is 212 g/mol. The average Bonchev–Trinajstić information content (AvgIpc) is 1.97. The lowest BCUT2D eigenvalue weighted by molar-refractivity contribution is 0.583. The van der Waals surface area contributed by atoms with Gasteiger partial charge in [0.25, 0.3) is 0 Å². The Morgan fingerprint density at radius 3 is 3.22 bits per heavy atom. The van der Waals surface area contributed by atoms with E-state index in [1.54, 1.807) is 0 Å². The van der Waals surface area contributed by atoms with E-state index in [0.29, 0.717) is 0 Å². The molecule has 0 atom stereocenters. The minimum absolute atomic E-state index is 0.0664. The van der Waals surface area contributed by atoms with Gasteiger partial charge in [0.15, 0.2) is 0 Å². The maximum atomic E-state index is 12.5. The number of hydrogen-bond donors (Lipinski definition) is 0. The minimum atomic E-state index is -0.931. The number of aromatic nitrogens is 1. The van der Waals surface area contributed by atoms with E-state index in [1.165, 1.54) is 0 Å². The molecule has 0 unspecified atom stereocenters. The molecule has 1 nitrogen and oxygen atoms in total. The third kappa shape index (κ3) is 1.40. The van der Waals surface area contributed by atoms with Gasteiger partial charge in [-0.3, -0.25) is 0 Å². The summed E-state index contributed by atoms with van der Waals surface area (Å²) in [6.45, 7) is 0. The summed E-state index contributed by atoms with van der Waals surface area (Å²) in [5.74, 6) is -0.931. The van der Waals surface area contributed by atoms with Crippen LogP contribution in [0.25, 0.3) is 0 Å². The van der Waals surface area contributed by atoms with E-state index in [2.05, 4.69) is 20.9 Å². The van der Waals surface area contributed by atoms with E-state index in [4.69, 9.17) is 14.3 Å². The summed E-state index contributed by atoms with van der Waals surface area (Å²) in [4.78, 5) is 3.08. The molecule has 0 spiro atoms. The minimum Gasteiger partial charge on any atom is -0.227 e. The molecule has 1 rings (SSSR count). The topological polar surface area (TPSA) is 12.9 Å². The fourth-order valence-electron chi connectivity index (χ4n) is 0.321. The molecule has 1 aromatic heterocycles. The lowest BCUT2D eigenvalue weighted by Crippen LogP contribution is -1.81. The molecular weight excluding hydrogens is 208 g/mol. The number of pyridine rings is 1. The molecule has 0 aromatic carbocycles. The van der Waals surface area contributed by atoms with Gasteiger partial charge in [-0.05, 0) is 22.0 Å². The second kappa shape index (κ2) is 2.62. The summed E-state index contributed by atoms with van der Waals surface area (Å²) in [6.07, 6.45) is -0.432. The van der Waals surface area contributed by atoms with E-state index in [0.717, 1.165) is 0 Å². The third-order valence-corrected chi connectivity index (χ3v) is 1.86. The van der Waals surface area contributed by atoms with E-state index >= 15 is 0 Å². The summed E-state index contributed by atoms with van der Waals surface area (Å²) < 4.78 is 26.7. The van der Waals surface area contributed by atoms with Crippen LogP contribution in [0.5, 0.6) is 0 Å². The van der Waals surface area contributed by atoms with Crippen LogP contribution in [0.15, 0.2) is 16.7 Å². The number of nitrogens with zero attached hydrogens (tertiary/aromatic N) is 1. The monoisotopic (exact) mass is 211 g/mol. The van der Waals surface area contributed by atoms with Crippen molar-refractivity contribution in [3.63, 3.8) is 0 Å². The van der Waals surface area contributed by atoms with Crippen molar-refractivity contribution in [3.8, 4) is 0 Å². The third-order valence-electron chi connectivity index (χ3n) is 0.694. The van der Waals surface area contributed by atoms with Crippen LogP contribution in [-0.4, -0.2) is 4.98 Å². The van der Waals surface area contributed by atoms with Crippen LogP contribution >= 0.6 is 27.5 Å². The van der Waals surface area contributed by atoms with Crippen molar-refractivity contribution in [2.24, 2.45) is 0 Å². The quantitative estimate of drug-likeness (QED) is 0.603. The van der Waals surface area contributed by atoms with Crippen LogP contribution in [-0.2, 0) is 0 Å². The van der Waals surface area contributed by atoms with E-state index in [1.807, 2.05) is 0 Å². The first kappa shape index (κ1) is 4.63. The second-order valence-electron chi connectivity index (χ2n) is 1.27. The molecular formula is C5H2BrClFN. The maximum absolute atomic E-state index is 12.5. The summed E-state index contributed by atoms with van der Waals surface area (Å²) in [5, 5.41) is -0.258. The van der Waals surface area contributed by atoms with Crippen molar-refractivity contribution >= 4 is 27.5 Å². The molecule has 4 heteroatoms. The maximum Gasteiger partial charge on any atom is 0.232 e. The molecule has 1 aromatic rings.